The summed E-state index contributed by atoms with van der Waals surface area (Å²) in [6, 6.07) is 12.7. The van der Waals surface area contributed by atoms with Crippen LogP contribution >= 0.6 is 0 Å². The van der Waals surface area contributed by atoms with Crippen LogP contribution in [-0.4, -0.2) is 28.4 Å². The largest absolute Gasteiger partial charge is 0.493 e. The Balaban J connectivity index is 1.78. The summed E-state index contributed by atoms with van der Waals surface area (Å²) in [4.78, 5) is 0. The van der Waals surface area contributed by atoms with Gasteiger partial charge in [-0.3, -0.25) is 0 Å². The maximum Gasteiger partial charge on any atom is 0.161 e. The first-order valence-electron chi connectivity index (χ1n) is 10.7. The summed E-state index contributed by atoms with van der Waals surface area (Å²) >= 11 is 0. The van der Waals surface area contributed by atoms with Gasteiger partial charge in [-0.15, -0.1) is 0 Å². The van der Waals surface area contributed by atoms with E-state index in [1.165, 1.54) is 24.0 Å². The molecule has 0 amide bonds. The maximum absolute atomic E-state index is 5.54. The van der Waals surface area contributed by atoms with E-state index >= 15 is 0 Å². The fourth-order valence-corrected chi connectivity index (χ4v) is 4.95. The Labute approximate surface area is 181 Å². The normalized spacial score (nSPS) is 21.8. The van der Waals surface area contributed by atoms with Gasteiger partial charge in [-0.2, -0.15) is 0 Å². The summed E-state index contributed by atoms with van der Waals surface area (Å²) < 4.78 is 21.9. The van der Waals surface area contributed by atoms with E-state index in [1.807, 2.05) is 12.1 Å². The van der Waals surface area contributed by atoms with E-state index in [9.17, 15) is 0 Å². The van der Waals surface area contributed by atoms with E-state index in [4.69, 9.17) is 18.9 Å². The van der Waals surface area contributed by atoms with Crippen LogP contribution in [0.2, 0.25) is 0 Å². The number of methoxy groups -OCH3 is 4. The molecule has 1 aliphatic carbocycles. The fraction of sp³-hybridized carbons (Fsp3) is 0.538. The van der Waals surface area contributed by atoms with Crippen molar-refractivity contribution in [2.75, 3.05) is 28.4 Å². The Morgan fingerprint density at radius 3 is 1.77 bits per heavy atom. The van der Waals surface area contributed by atoms with Crippen molar-refractivity contribution < 1.29 is 18.9 Å². The second-order valence-electron chi connectivity index (χ2n) is 9.20. The van der Waals surface area contributed by atoms with E-state index < -0.39 is 0 Å². The molecule has 0 radical (unpaired) electrons. The van der Waals surface area contributed by atoms with Gasteiger partial charge in [0.05, 0.1) is 28.4 Å². The Hall–Kier alpha value is -2.36. The summed E-state index contributed by atoms with van der Waals surface area (Å²) in [7, 11) is 6.76. The third-order valence-electron chi connectivity index (χ3n) is 7.32. The van der Waals surface area contributed by atoms with E-state index in [0.29, 0.717) is 5.92 Å². The van der Waals surface area contributed by atoms with Gasteiger partial charge in [0.25, 0.3) is 0 Å². The molecule has 4 nitrogen and oxygen atoms in total. The molecular weight excluding hydrogens is 376 g/mol. The molecule has 0 saturated heterocycles. The van der Waals surface area contributed by atoms with E-state index in [-0.39, 0.29) is 10.8 Å². The zero-order valence-corrected chi connectivity index (χ0v) is 19.5. The van der Waals surface area contributed by atoms with Gasteiger partial charge < -0.3 is 18.9 Å². The van der Waals surface area contributed by atoms with Crippen LogP contribution in [0.4, 0.5) is 0 Å². The van der Waals surface area contributed by atoms with Gasteiger partial charge in [0, 0.05) is 0 Å². The van der Waals surface area contributed by atoms with Gasteiger partial charge in [0.2, 0.25) is 0 Å². The number of hydrogen-bond acceptors (Lipinski definition) is 4. The summed E-state index contributed by atoms with van der Waals surface area (Å²) in [6.45, 7) is 7.10. The Bertz CT molecular complexity index is 863. The maximum atomic E-state index is 5.54. The highest BCUT2D eigenvalue weighted by Gasteiger charge is 2.40. The molecule has 2 aromatic rings. The first-order chi connectivity index (χ1) is 14.3. The summed E-state index contributed by atoms with van der Waals surface area (Å²) in [5.74, 6) is 3.79. The highest BCUT2D eigenvalue weighted by molar-refractivity contribution is 5.46. The van der Waals surface area contributed by atoms with Gasteiger partial charge in [0.15, 0.2) is 23.0 Å². The highest BCUT2D eigenvalue weighted by atomic mass is 16.5. The molecule has 164 valence electrons. The van der Waals surface area contributed by atoms with Crippen molar-refractivity contribution in [3.63, 3.8) is 0 Å². The molecule has 30 heavy (non-hydrogen) atoms. The van der Waals surface area contributed by atoms with Crippen LogP contribution in [0, 0.1) is 5.92 Å². The number of ether oxygens (including phenoxy) is 4. The lowest BCUT2D eigenvalue weighted by molar-refractivity contribution is 0.178. The summed E-state index contributed by atoms with van der Waals surface area (Å²) in [5, 5.41) is 0. The van der Waals surface area contributed by atoms with Crippen LogP contribution in [0.25, 0.3) is 0 Å². The van der Waals surface area contributed by atoms with Crippen LogP contribution in [0.3, 0.4) is 0 Å². The van der Waals surface area contributed by atoms with Crippen molar-refractivity contribution in [2.45, 2.75) is 57.3 Å². The van der Waals surface area contributed by atoms with Crippen molar-refractivity contribution in [2.24, 2.45) is 5.92 Å². The Kier molecular flexibility index (Phi) is 6.54. The molecular formula is C26H36O4. The van der Waals surface area contributed by atoms with Crippen molar-refractivity contribution in [1.29, 1.82) is 0 Å². The third kappa shape index (κ3) is 4.10. The first-order valence-corrected chi connectivity index (χ1v) is 10.7. The zero-order chi connectivity index (χ0) is 21.9. The Morgan fingerprint density at radius 1 is 0.733 bits per heavy atom. The van der Waals surface area contributed by atoms with E-state index in [2.05, 4.69) is 45.0 Å². The zero-order valence-electron chi connectivity index (χ0n) is 19.5. The Morgan fingerprint density at radius 2 is 1.23 bits per heavy atom. The molecule has 4 heteroatoms. The minimum absolute atomic E-state index is 0.0679. The molecule has 0 unspecified atom stereocenters. The van der Waals surface area contributed by atoms with Gasteiger partial charge in [-0.25, -0.2) is 0 Å². The van der Waals surface area contributed by atoms with Crippen LogP contribution in [-0.2, 0) is 10.8 Å². The average molecular weight is 413 g/mol. The van der Waals surface area contributed by atoms with Crippen LogP contribution in [0.1, 0.15) is 57.6 Å². The smallest absolute Gasteiger partial charge is 0.161 e. The molecule has 2 aromatic carbocycles. The molecule has 3 rings (SSSR count). The minimum atomic E-state index is 0.0679. The monoisotopic (exact) mass is 412 g/mol. The molecule has 1 fully saturated rings. The number of benzene rings is 2. The topological polar surface area (TPSA) is 36.9 Å². The molecule has 0 atom stereocenters. The predicted molar refractivity (Wildman–Crippen MR) is 121 cm³/mol. The van der Waals surface area contributed by atoms with Gasteiger partial charge in [-0.1, -0.05) is 32.9 Å². The average Bonchev–Trinajstić information content (AvgIpc) is 2.78. The van der Waals surface area contributed by atoms with Gasteiger partial charge in [-0.05, 0) is 77.8 Å². The third-order valence-corrected chi connectivity index (χ3v) is 7.32. The first kappa shape index (κ1) is 22.3. The van der Waals surface area contributed by atoms with Gasteiger partial charge >= 0.3 is 0 Å². The van der Waals surface area contributed by atoms with Crippen molar-refractivity contribution >= 4 is 0 Å². The van der Waals surface area contributed by atoms with Crippen LogP contribution in [0.5, 0.6) is 23.0 Å². The predicted octanol–water partition coefficient (Wildman–Crippen LogP) is 6.15. The SMILES string of the molecule is COc1ccc(C2(C)CCC(C(C)(C)c3ccc(OC)c(OC)c3)CC2)cc1OC. The molecule has 0 heterocycles. The standard InChI is InChI=1S/C26H36O4/c1-25(2,19-8-10-21(27-4)23(16-19)29-6)18-12-14-26(3,15-13-18)20-9-11-22(28-5)24(17-20)30-7/h8-11,16-18H,12-15H2,1-7H3. The van der Waals surface area contributed by atoms with E-state index in [0.717, 1.165) is 35.8 Å². The second kappa shape index (κ2) is 8.79. The molecule has 1 aliphatic rings. The van der Waals surface area contributed by atoms with Crippen LogP contribution < -0.4 is 18.9 Å². The van der Waals surface area contributed by atoms with Crippen LogP contribution in [0.15, 0.2) is 36.4 Å². The molecule has 0 bridgehead atoms. The minimum Gasteiger partial charge on any atom is -0.493 e. The molecule has 1 saturated carbocycles. The quantitative estimate of drug-likeness (QED) is 0.547. The second-order valence-corrected chi connectivity index (χ2v) is 9.20. The lowest BCUT2D eigenvalue weighted by Gasteiger charge is -2.44. The highest BCUT2D eigenvalue weighted by Crippen LogP contribution is 2.49. The summed E-state index contributed by atoms with van der Waals surface area (Å²) in [6.07, 6.45) is 4.69. The fourth-order valence-electron chi connectivity index (χ4n) is 4.95. The lowest BCUT2D eigenvalue weighted by atomic mass is 9.60. The molecule has 0 N–H and O–H groups in total. The van der Waals surface area contributed by atoms with E-state index in [1.54, 1.807) is 28.4 Å². The van der Waals surface area contributed by atoms with Gasteiger partial charge in [0.1, 0.15) is 0 Å². The lowest BCUT2D eigenvalue weighted by Crippen LogP contribution is -2.37. The number of hydrogen-bond donors (Lipinski definition) is 0. The van der Waals surface area contributed by atoms with Crippen molar-refractivity contribution in [3.05, 3.63) is 47.5 Å². The van der Waals surface area contributed by atoms with Crippen molar-refractivity contribution in [1.82, 2.24) is 0 Å². The molecule has 0 spiro atoms. The van der Waals surface area contributed by atoms with Crippen molar-refractivity contribution in [3.8, 4) is 23.0 Å². The summed E-state index contributed by atoms with van der Waals surface area (Å²) in [5.41, 5.74) is 2.87. The molecule has 0 aliphatic heterocycles. The molecule has 0 aromatic heterocycles. The number of rotatable bonds is 7.